The molecule has 0 spiro atoms. The lowest BCUT2D eigenvalue weighted by Gasteiger charge is -2.18. The molecule has 3 rings (SSSR count). The van der Waals surface area contributed by atoms with Gasteiger partial charge in [-0.25, -0.2) is 22.6 Å². The van der Waals surface area contributed by atoms with Crippen LogP contribution in [0, 0.1) is 5.92 Å². The molecule has 1 N–H and O–H groups in total. The van der Waals surface area contributed by atoms with Crippen LogP contribution in [-0.4, -0.2) is 35.4 Å². The quantitative estimate of drug-likeness (QED) is 0.703. The van der Waals surface area contributed by atoms with E-state index >= 15 is 0 Å². The number of hydrogen-bond donors (Lipinski definition) is 1. The Morgan fingerprint density at radius 2 is 2.03 bits per heavy atom. The topological polar surface area (TPSA) is 95.2 Å². The Balaban J connectivity index is 1.71. The summed E-state index contributed by atoms with van der Waals surface area (Å²) in [4.78, 5) is 12.8. The first-order valence-corrected chi connectivity index (χ1v) is 11.7. The van der Waals surface area contributed by atoms with Crippen LogP contribution in [0.2, 0.25) is 0 Å². The van der Waals surface area contributed by atoms with Gasteiger partial charge in [-0.1, -0.05) is 26.0 Å². The van der Waals surface area contributed by atoms with Gasteiger partial charge in [0.25, 0.3) is 0 Å². The van der Waals surface area contributed by atoms with Gasteiger partial charge < -0.3 is 4.74 Å². The molecule has 0 bridgehead atoms. The minimum absolute atomic E-state index is 0.106. The molecule has 160 valence electrons. The summed E-state index contributed by atoms with van der Waals surface area (Å²) in [5.74, 6) is 1.58. The summed E-state index contributed by atoms with van der Waals surface area (Å²) in [5, 5.41) is 4.48. The number of sulfonamides is 1. The molecule has 0 fully saturated rings. The summed E-state index contributed by atoms with van der Waals surface area (Å²) in [6, 6.07) is 6.36. The lowest BCUT2D eigenvalue weighted by atomic mass is 10.1. The number of ether oxygens (including phenoxy) is 1. The van der Waals surface area contributed by atoms with Crippen LogP contribution in [0.5, 0.6) is 5.75 Å². The van der Waals surface area contributed by atoms with Crippen LogP contribution in [0.4, 0.5) is 0 Å². The van der Waals surface area contributed by atoms with Gasteiger partial charge in [-0.15, -0.1) is 0 Å². The lowest BCUT2D eigenvalue weighted by Crippen LogP contribution is -2.36. The number of fused-ring (bicyclic) bond motifs is 1. The summed E-state index contributed by atoms with van der Waals surface area (Å²) in [7, 11) is -3.72. The highest BCUT2D eigenvalue weighted by molar-refractivity contribution is 7.89. The molecule has 0 saturated heterocycles. The Labute approximate surface area is 171 Å². The molecule has 2 aromatic rings. The molecule has 0 saturated carbocycles. The van der Waals surface area contributed by atoms with Gasteiger partial charge in [-0.3, -0.25) is 4.57 Å². The van der Waals surface area contributed by atoms with Crippen molar-refractivity contribution in [3.8, 4) is 5.75 Å². The van der Waals surface area contributed by atoms with Crippen molar-refractivity contribution in [3.63, 3.8) is 0 Å². The fraction of sp³-hybridized carbons (Fsp3) is 0.600. The molecular weight excluding hydrogens is 392 g/mol. The summed E-state index contributed by atoms with van der Waals surface area (Å²) in [5.41, 5.74) is -0.106. The lowest BCUT2D eigenvalue weighted by molar-refractivity contribution is 0.330. The molecule has 1 unspecified atom stereocenters. The standard InChI is InChI=1S/C20H30N4O4S/c1-4-28-17-7-5-6-8-18(17)29(26,27)22-16-9-10-19-21-24(14-11-15(2)3)20(25)23(19)13-12-16/h5-8,15-16,22H,4,9-14H2,1-3H3. The van der Waals surface area contributed by atoms with E-state index in [0.29, 0.717) is 50.6 Å². The number of aromatic nitrogens is 3. The SMILES string of the molecule is CCOc1ccccc1S(=O)(=O)NC1CCc2nn(CCC(C)C)c(=O)n2CC1. The van der Waals surface area contributed by atoms with Crippen LogP contribution in [-0.2, 0) is 29.5 Å². The van der Waals surface area contributed by atoms with Crippen molar-refractivity contribution in [2.45, 2.75) is 70.5 Å². The maximum atomic E-state index is 12.9. The highest BCUT2D eigenvalue weighted by Crippen LogP contribution is 2.24. The van der Waals surface area contributed by atoms with E-state index in [1.807, 2.05) is 6.92 Å². The van der Waals surface area contributed by atoms with Gasteiger partial charge in [0.2, 0.25) is 10.0 Å². The largest absolute Gasteiger partial charge is 0.492 e. The van der Waals surface area contributed by atoms with Gasteiger partial charge in [0, 0.05) is 25.6 Å². The van der Waals surface area contributed by atoms with Crippen LogP contribution in [0.1, 0.15) is 45.9 Å². The van der Waals surface area contributed by atoms with Crippen molar-refractivity contribution in [1.29, 1.82) is 0 Å². The number of benzene rings is 1. The highest BCUT2D eigenvalue weighted by atomic mass is 32.2. The van der Waals surface area contributed by atoms with Crippen molar-refractivity contribution in [3.05, 3.63) is 40.6 Å². The summed E-state index contributed by atoms with van der Waals surface area (Å²) in [6.45, 7) is 7.51. The Morgan fingerprint density at radius 1 is 1.28 bits per heavy atom. The van der Waals surface area contributed by atoms with E-state index < -0.39 is 10.0 Å². The number of para-hydroxylation sites is 1. The third-order valence-electron chi connectivity index (χ3n) is 5.10. The van der Waals surface area contributed by atoms with Crippen LogP contribution < -0.4 is 15.1 Å². The van der Waals surface area contributed by atoms with Crippen molar-refractivity contribution >= 4 is 10.0 Å². The first-order chi connectivity index (χ1) is 13.8. The fourth-order valence-electron chi connectivity index (χ4n) is 3.50. The van der Waals surface area contributed by atoms with E-state index in [2.05, 4.69) is 23.7 Å². The minimum atomic E-state index is -3.72. The normalized spacial score (nSPS) is 17.2. The molecule has 29 heavy (non-hydrogen) atoms. The number of rotatable bonds is 8. The van der Waals surface area contributed by atoms with Crippen LogP contribution >= 0.6 is 0 Å². The molecule has 1 aromatic carbocycles. The first-order valence-electron chi connectivity index (χ1n) is 10.2. The number of hydrogen-bond acceptors (Lipinski definition) is 5. The van der Waals surface area contributed by atoms with Gasteiger partial charge in [-0.2, -0.15) is 5.10 Å². The molecule has 0 radical (unpaired) electrons. The molecule has 1 aliphatic heterocycles. The number of nitrogens with one attached hydrogen (secondary N) is 1. The minimum Gasteiger partial charge on any atom is -0.492 e. The first kappa shape index (κ1) is 21.6. The summed E-state index contributed by atoms with van der Waals surface area (Å²) >= 11 is 0. The van der Waals surface area contributed by atoms with Crippen LogP contribution in [0.15, 0.2) is 34.0 Å². The van der Waals surface area contributed by atoms with E-state index in [4.69, 9.17) is 4.74 Å². The molecule has 9 heteroatoms. The average Bonchev–Trinajstić information content (AvgIpc) is 2.83. The number of nitrogens with zero attached hydrogens (tertiary/aromatic N) is 3. The zero-order valence-corrected chi connectivity index (χ0v) is 18.1. The van der Waals surface area contributed by atoms with Crippen molar-refractivity contribution in [1.82, 2.24) is 19.1 Å². The Kier molecular flexibility index (Phi) is 6.79. The van der Waals surface area contributed by atoms with Gasteiger partial charge in [0.15, 0.2) is 0 Å². The van der Waals surface area contributed by atoms with Crippen LogP contribution in [0.25, 0.3) is 0 Å². The molecule has 2 heterocycles. The molecule has 0 amide bonds. The van der Waals surface area contributed by atoms with E-state index in [1.54, 1.807) is 28.8 Å². The van der Waals surface area contributed by atoms with Gasteiger partial charge in [-0.05, 0) is 44.2 Å². The predicted molar refractivity (Wildman–Crippen MR) is 111 cm³/mol. The molecule has 1 aliphatic rings. The molecular formula is C20H30N4O4S. The smallest absolute Gasteiger partial charge is 0.345 e. The molecule has 1 aromatic heterocycles. The zero-order chi connectivity index (χ0) is 21.0. The van der Waals surface area contributed by atoms with E-state index in [9.17, 15) is 13.2 Å². The van der Waals surface area contributed by atoms with Crippen molar-refractivity contribution in [2.75, 3.05) is 6.61 Å². The Morgan fingerprint density at radius 3 is 2.76 bits per heavy atom. The van der Waals surface area contributed by atoms with E-state index in [0.717, 1.165) is 12.2 Å². The molecule has 1 atom stereocenters. The Bertz CT molecular complexity index is 994. The Hall–Kier alpha value is -2.13. The van der Waals surface area contributed by atoms with Gasteiger partial charge in [0.1, 0.15) is 16.5 Å². The predicted octanol–water partition coefficient (Wildman–Crippen LogP) is 2.17. The average molecular weight is 423 g/mol. The highest BCUT2D eigenvalue weighted by Gasteiger charge is 2.27. The molecule has 8 nitrogen and oxygen atoms in total. The van der Waals surface area contributed by atoms with Gasteiger partial charge in [0.05, 0.1) is 6.61 Å². The fourth-order valence-corrected chi connectivity index (χ4v) is 4.95. The maximum absolute atomic E-state index is 12.9. The van der Waals surface area contributed by atoms with E-state index in [-0.39, 0.29) is 16.6 Å². The second-order valence-corrected chi connectivity index (χ2v) is 9.46. The second kappa shape index (κ2) is 9.13. The zero-order valence-electron chi connectivity index (χ0n) is 17.3. The second-order valence-electron chi connectivity index (χ2n) is 7.78. The number of aryl methyl sites for hydroxylation is 2. The summed E-state index contributed by atoms with van der Waals surface area (Å²) < 4.78 is 37.3. The van der Waals surface area contributed by atoms with Crippen LogP contribution in [0.3, 0.4) is 0 Å². The van der Waals surface area contributed by atoms with Gasteiger partial charge >= 0.3 is 5.69 Å². The molecule has 0 aliphatic carbocycles. The van der Waals surface area contributed by atoms with Crippen molar-refractivity contribution < 1.29 is 13.2 Å². The monoisotopic (exact) mass is 422 g/mol. The van der Waals surface area contributed by atoms with E-state index in [1.165, 1.54) is 4.68 Å². The third kappa shape index (κ3) is 5.08. The maximum Gasteiger partial charge on any atom is 0.345 e. The third-order valence-corrected chi connectivity index (χ3v) is 6.66. The summed E-state index contributed by atoms with van der Waals surface area (Å²) in [6.07, 6.45) is 2.59. The van der Waals surface area contributed by atoms with Crippen molar-refractivity contribution in [2.24, 2.45) is 5.92 Å².